The number of thiol groups is 1. The Morgan fingerprint density at radius 2 is 2.50 bits per heavy atom. The van der Waals surface area contributed by atoms with E-state index in [0.717, 1.165) is 18.7 Å². The van der Waals surface area contributed by atoms with Gasteiger partial charge in [-0.05, 0) is 12.2 Å². The molecule has 0 amide bonds. The van der Waals surface area contributed by atoms with Crippen LogP contribution in [0.15, 0.2) is 16.4 Å². The summed E-state index contributed by atoms with van der Waals surface area (Å²) in [6, 6.07) is 0. The van der Waals surface area contributed by atoms with Gasteiger partial charge >= 0.3 is 4.87 Å². The Morgan fingerprint density at radius 1 is 1.70 bits per heavy atom. The lowest BCUT2D eigenvalue weighted by atomic mass is 10.5. The molecule has 1 aromatic rings. The maximum Gasteiger partial charge on any atom is 0.307 e. The number of hydrogen-bond donors (Lipinski definition) is 1. The van der Waals surface area contributed by atoms with Crippen molar-refractivity contribution < 1.29 is 0 Å². The van der Waals surface area contributed by atoms with Gasteiger partial charge in [0, 0.05) is 18.1 Å². The molecule has 2 nitrogen and oxygen atoms in total. The van der Waals surface area contributed by atoms with E-state index in [1.54, 1.807) is 9.95 Å². The highest BCUT2D eigenvalue weighted by atomic mass is 32.1. The monoisotopic (exact) mass is 175 g/mol. The molecule has 0 unspecified atom stereocenters. The Balaban J connectivity index is 2.57. The molecule has 0 fully saturated rings. The molecule has 0 N–H and O–H groups in total. The largest absolute Gasteiger partial charge is 0.307 e. The summed E-state index contributed by atoms with van der Waals surface area (Å²) in [7, 11) is 0. The van der Waals surface area contributed by atoms with Crippen LogP contribution in [-0.2, 0) is 6.54 Å². The summed E-state index contributed by atoms with van der Waals surface area (Å²) in [5.74, 6) is 0.836. The Bertz CT molecular complexity index is 240. The molecule has 0 aliphatic heterocycles. The van der Waals surface area contributed by atoms with Crippen molar-refractivity contribution in [2.24, 2.45) is 0 Å². The summed E-state index contributed by atoms with van der Waals surface area (Å²) in [5, 5.41) is 1.81. The molecule has 56 valence electrons. The van der Waals surface area contributed by atoms with Gasteiger partial charge in [-0.15, -0.1) is 0 Å². The second-order valence-electron chi connectivity index (χ2n) is 1.94. The summed E-state index contributed by atoms with van der Waals surface area (Å²) in [6.07, 6.45) is 2.77. The minimum Gasteiger partial charge on any atom is -0.306 e. The van der Waals surface area contributed by atoms with Gasteiger partial charge in [0.25, 0.3) is 0 Å². The van der Waals surface area contributed by atoms with Crippen LogP contribution in [0.4, 0.5) is 0 Å². The van der Waals surface area contributed by atoms with Gasteiger partial charge in [0.2, 0.25) is 0 Å². The lowest BCUT2D eigenvalue weighted by molar-refractivity contribution is 0.675. The summed E-state index contributed by atoms with van der Waals surface area (Å²) >= 11 is 5.29. The van der Waals surface area contributed by atoms with Crippen LogP contribution in [0.2, 0.25) is 0 Å². The zero-order chi connectivity index (χ0) is 7.40. The van der Waals surface area contributed by atoms with Gasteiger partial charge in [0.15, 0.2) is 0 Å². The lowest BCUT2D eigenvalue weighted by Crippen LogP contribution is -2.11. The quantitative estimate of drug-likeness (QED) is 0.686. The first-order chi connectivity index (χ1) is 4.84. The molecule has 0 saturated carbocycles. The van der Waals surface area contributed by atoms with Crippen molar-refractivity contribution in [3.05, 3.63) is 21.2 Å². The van der Waals surface area contributed by atoms with E-state index in [0.29, 0.717) is 0 Å². The number of hydrogen-bond acceptors (Lipinski definition) is 3. The maximum absolute atomic E-state index is 10.9. The normalized spacial score (nSPS) is 10.1. The third kappa shape index (κ3) is 1.88. The smallest absolute Gasteiger partial charge is 0.306 e. The molecule has 0 aliphatic rings. The van der Waals surface area contributed by atoms with Crippen molar-refractivity contribution in [2.45, 2.75) is 13.0 Å². The molecule has 4 heteroatoms. The molecule has 1 heterocycles. The molecule has 0 saturated heterocycles. The predicted octanol–water partition coefficient (Wildman–Crippen LogP) is 1.23. The van der Waals surface area contributed by atoms with Crippen LogP contribution in [0.1, 0.15) is 6.42 Å². The van der Waals surface area contributed by atoms with Crippen molar-refractivity contribution in [2.75, 3.05) is 5.75 Å². The van der Waals surface area contributed by atoms with E-state index in [-0.39, 0.29) is 4.87 Å². The standard InChI is InChI=1S/C6H9NOS2/c8-6-7(2-1-4-9)3-5-10-6/h3,5,9H,1-2,4H2. The van der Waals surface area contributed by atoms with Gasteiger partial charge in [-0.2, -0.15) is 12.6 Å². The molecule has 0 aromatic carbocycles. The fourth-order valence-electron chi connectivity index (χ4n) is 0.698. The first kappa shape index (κ1) is 7.88. The molecule has 0 bridgehead atoms. The van der Waals surface area contributed by atoms with E-state index in [2.05, 4.69) is 12.6 Å². The van der Waals surface area contributed by atoms with Gasteiger partial charge in [-0.3, -0.25) is 4.79 Å². The van der Waals surface area contributed by atoms with Gasteiger partial charge in [-0.25, -0.2) is 0 Å². The van der Waals surface area contributed by atoms with Crippen LogP contribution >= 0.6 is 24.0 Å². The van der Waals surface area contributed by atoms with E-state index in [1.165, 1.54) is 11.3 Å². The average molecular weight is 175 g/mol. The predicted molar refractivity (Wildman–Crippen MR) is 47.0 cm³/mol. The third-order valence-electron chi connectivity index (χ3n) is 1.20. The van der Waals surface area contributed by atoms with E-state index in [9.17, 15) is 4.79 Å². The minimum absolute atomic E-state index is 0.127. The zero-order valence-corrected chi connectivity index (χ0v) is 7.20. The van der Waals surface area contributed by atoms with Gasteiger partial charge in [0.1, 0.15) is 0 Å². The molecule has 1 rings (SSSR count). The Morgan fingerprint density at radius 3 is 3.00 bits per heavy atom. The Hall–Kier alpha value is -0.220. The summed E-state index contributed by atoms with van der Waals surface area (Å²) in [5.41, 5.74) is 0. The summed E-state index contributed by atoms with van der Waals surface area (Å²) in [4.78, 5) is 11.0. The van der Waals surface area contributed by atoms with Crippen molar-refractivity contribution >= 4 is 24.0 Å². The highest BCUT2D eigenvalue weighted by Gasteiger charge is 1.93. The van der Waals surface area contributed by atoms with Gasteiger partial charge in [0.05, 0.1) is 0 Å². The van der Waals surface area contributed by atoms with E-state index >= 15 is 0 Å². The summed E-state index contributed by atoms with van der Waals surface area (Å²) < 4.78 is 1.71. The topological polar surface area (TPSA) is 22.0 Å². The number of thiazole rings is 1. The second-order valence-corrected chi connectivity index (χ2v) is 3.24. The fourth-order valence-corrected chi connectivity index (χ4v) is 1.45. The number of rotatable bonds is 3. The zero-order valence-electron chi connectivity index (χ0n) is 5.49. The fraction of sp³-hybridized carbons (Fsp3) is 0.500. The Labute approximate surface area is 68.9 Å². The van der Waals surface area contributed by atoms with E-state index in [4.69, 9.17) is 0 Å². The van der Waals surface area contributed by atoms with Crippen molar-refractivity contribution in [1.82, 2.24) is 4.57 Å². The second kappa shape index (κ2) is 3.83. The molecular formula is C6H9NOS2. The van der Waals surface area contributed by atoms with Crippen molar-refractivity contribution in [1.29, 1.82) is 0 Å². The SMILES string of the molecule is O=c1sccn1CCCS. The van der Waals surface area contributed by atoms with Crippen LogP contribution in [0, 0.1) is 0 Å². The first-order valence-electron chi connectivity index (χ1n) is 3.09. The average Bonchev–Trinajstić information content (AvgIpc) is 2.31. The minimum atomic E-state index is 0.127. The van der Waals surface area contributed by atoms with Crippen LogP contribution in [0.3, 0.4) is 0 Å². The molecule has 0 atom stereocenters. The number of aryl methyl sites for hydroxylation is 1. The molecule has 0 aliphatic carbocycles. The Kier molecular flexibility index (Phi) is 3.02. The van der Waals surface area contributed by atoms with Crippen molar-refractivity contribution in [3.63, 3.8) is 0 Å². The molecule has 0 radical (unpaired) electrons. The van der Waals surface area contributed by atoms with Crippen LogP contribution < -0.4 is 4.87 Å². The van der Waals surface area contributed by atoms with Crippen LogP contribution in [-0.4, -0.2) is 10.3 Å². The lowest BCUT2D eigenvalue weighted by Gasteiger charge is -1.95. The van der Waals surface area contributed by atoms with Gasteiger partial charge < -0.3 is 4.57 Å². The maximum atomic E-state index is 10.9. The van der Waals surface area contributed by atoms with E-state index in [1.807, 2.05) is 6.20 Å². The summed E-state index contributed by atoms with van der Waals surface area (Å²) in [6.45, 7) is 0.797. The highest BCUT2D eigenvalue weighted by Crippen LogP contribution is 1.92. The first-order valence-corrected chi connectivity index (χ1v) is 4.60. The number of aromatic nitrogens is 1. The highest BCUT2D eigenvalue weighted by molar-refractivity contribution is 7.80. The van der Waals surface area contributed by atoms with Crippen LogP contribution in [0.5, 0.6) is 0 Å². The van der Waals surface area contributed by atoms with Crippen molar-refractivity contribution in [3.8, 4) is 0 Å². The third-order valence-corrected chi connectivity index (χ3v) is 2.21. The van der Waals surface area contributed by atoms with Crippen LogP contribution in [0.25, 0.3) is 0 Å². The molecule has 0 spiro atoms. The number of nitrogens with zero attached hydrogens (tertiary/aromatic N) is 1. The van der Waals surface area contributed by atoms with Gasteiger partial charge in [-0.1, -0.05) is 11.3 Å². The molecule has 1 aromatic heterocycles. The molecule has 10 heavy (non-hydrogen) atoms. The van der Waals surface area contributed by atoms with E-state index < -0.39 is 0 Å². The molecular weight excluding hydrogens is 166 g/mol.